The van der Waals surface area contributed by atoms with Crippen molar-refractivity contribution in [3.05, 3.63) is 22.4 Å². The van der Waals surface area contributed by atoms with E-state index in [0.29, 0.717) is 12.5 Å². The Morgan fingerprint density at radius 3 is 2.81 bits per heavy atom. The molecule has 16 heavy (non-hydrogen) atoms. The highest BCUT2D eigenvalue weighted by Crippen LogP contribution is 2.11. The molecule has 0 saturated carbocycles. The summed E-state index contributed by atoms with van der Waals surface area (Å²) in [5.41, 5.74) is 0. The van der Waals surface area contributed by atoms with E-state index in [0.717, 1.165) is 6.42 Å². The van der Waals surface area contributed by atoms with E-state index in [1.807, 2.05) is 6.92 Å². The maximum atomic E-state index is 10.4. The van der Waals surface area contributed by atoms with Crippen molar-refractivity contribution < 1.29 is 9.90 Å². The summed E-state index contributed by atoms with van der Waals surface area (Å²) >= 11 is 1.76. The fourth-order valence-corrected chi connectivity index (χ4v) is 2.53. The van der Waals surface area contributed by atoms with Crippen molar-refractivity contribution in [1.29, 1.82) is 0 Å². The van der Waals surface area contributed by atoms with Gasteiger partial charge in [-0.05, 0) is 38.1 Å². The Balaban J connectivity index is 2.22. The lowest BCUT2D eigenvalue weighted by molar-refractivity contribution is -0.137. The van der Waals surface area contributed by atoms with Crippen molar-refractivity contribution in [3.8, 4) is 0 Å². The van der Waals surface area contributed by atoms with E-state index >= 15 is 0 Å². The molecule has 2 N–H and O–H groups in total. The maximum Gasteiger partial charge on any atom is 0.303 e. The molecular weight excluding hydrogens is 222 g/mol. The molecule has 0 saturated heterocycles. The van der Waals surface area contributed by atoms with Crippen LogP contribution in [0.3, 0.4) is 0 Å². The first-order valence-corrected chi connectivity index (χ1v) is 6.46. The van der Waals surface area contributed by atoms with Crippen LogP contribution in [0, 0.1) is 0 Å². The highest BCUT2D eigenvalue weighted by atomic mass is 32.1. The van der Waals surface area contributed by atoms with Crippen LogP contribution in [0.2, 0.25) is 0 Å². The number of thiophene rings is 1. The average Bonchev–Trinajstić information content (AvgIpc) is 2.67. The van der Waals surface area contributed by atoms with Crippen LogP contribution in [0.15, 0.2) is 17.5 Å². The van der Waals surface area contributed by atoms with Gasteiger partial charge in [0.05, 0.1) is 0 Å². The standard InChI is InChI=1S/C12H19NO2S/c1-9(5-6-12(14)15)13-10(2)8-11-4-3-7-16-11/h3-4,7,9-10,13H,5-6,8H2,1-2H3,(H,14,15). The molecule has 90 valence electrons. The molecule has 0 fully saturated rings. The van der Waals surface area contributed by atoms with Crippen molar-refractivity contribution in [3.63, 3.8) is 0 Å². The monoisotopic (exact) mass is 241 g/mol. The van der Waals surface area contributed by atoms with Gasteiger partial charge in [0.15, 0.2) is 0 Å². The van der Waals surface area contributed by atoms with E-state index in [1.165, 1.54) is 4.88 Å². The number of hydrogen-bond donors (Lipinski definition) is 2. The van der Waals surface area contributed by atoms with Crippen LogP contribution in [-0.2, 0) is 11.2 Å². The van der Waals surface area contributed by atoms with Crippen LogP contribution in [0.4, 0.5) is 0 Å². The molecule has 0 spiro atoms. The number of rotatable bonds is 7. The van der Waals surface area contributed by atoms with E-state index in [2.05, 4.69) is 29.8 Å². The molecule has 0 aliphatic heterocycles. The van der Waals surface area contributed by atoms with E-state index in [-0.39, 0.29) is 12.5 Å². The molecule has 0 amide bonds. The third-order valence-corrected chi connectivity index (χ3v) is 3.35. The van der Waals surface area contributed by atoms with Crippen molar-refractivity contribution >= 4 is 17.3 Å². The fourth-order valence-electron chi connectivity index (χ4n) is 1.70. The summed E-state index contributed by atoms with van der Waals surface area (Å²) in [5, 5.41) is 14.1. The molecule has 0 aromatic carbocycles. The molecule has 0 bridgehead atoms. The van der Waals surface area contributed by atoms with E-state index < -0.39 is 5.97 Å². The van der Waals surface area contributed by atoms with Crippen LogP contribution in [0.25, 0.3) is 0 Å². The minimum atomic E-state index is -0.723. The largest absolute Gasteiger partial charge is 0.481 e. The first kappa shape index (κ1) is 13.2. The summed E-state index contributed by atoms with van der Waals surface area (Å²) < 4.78 is 0. The molecule has 3 nitrogen and oxygen atoms in total. The smallest absolute Gasteiger partial charge is 0.303 e. The normalized spacial score (nSPS) is 14.6. The van der Waals surface area contributed by atoms with Crippen LogP contribution < -0.4 is 5.32 Å². The van der Waals surface area contributed by atoms with E-state index in [4.69, 9.17) is 5.11 Å². The van der Waals surface area contributed by atoms with Gasteiger partial charge in [0.25, 0.3) is 0 Å². The first-order chi connectivity index (χ1) is 7.58. The van der Waals surface area contributed by atoms with Gasteiger partial charge in [-0.2, -0.15) is 0 Å². The number of carboxylic acid groups (broad SMARTS) is 1. The second kappa shape index (κ2) is 6.66. The lowest BCUT2D eigenvalue weighted by Gasteiger charge is -2.18. The highest BCUT2D eigenvalue weighted by Gasteiger charge is 2.09. The Morgan fingerprint density at radius 1 is 1.50 bits per heavy atom. The summed E-state index contributed by atoms with van der Waals surface area (Å²) in [6.07, 6.45) is 1.93. The Kier molecular flexibility index (Phi) is 5.49. The molecule has 1 aromatic rings. The molecule has 0 radical (unpaired) electrons. The van der Waals surface area contributed by atoms with Crippen LogP contribution >= 0.6 is 11.3 Å². The van der Waals surface area contributed by atoms with Crippen LogP contribution in [0.5, 0.6) is 0 Å². The minimum Gasteiger partial charge on any atom is -0.481 e. The highest BCUT2D eigenvalue weighted by molar-refractivity contribution is 7.09. The molecule has 0 aliphatic rings. The fraction of sp³-hybridized carbons (Fsp3) is 0.583. The maximum absolute atomic E-state index is 10.4. The predicted octanol–water partition coefficient (Wildman–Crippen LogP) is 2.52. The third-order valence-electron chi connectivity index (χ3n) is 2.45. The zero-order valence-electron chi connectivity index (χ0n) is 9.77. The summed E-state index contributed by atoms with van der Waals surface area (Å²) in [6.45, 7) is 4.17. The first-order valence-electron chi connectivity index (χ1n) is 5.58. The number of aliphatic carboxylic acids is 1. The minimum absolute atomic E-state index is 0.236. The van der Waals surface area contributed by atoms with Crippen LogP contribution in [-0.4, -0.2) is 23.2 Å². The SMILES string of the molecule is CC(CCC(=O)O)NC(C)Cc1cccs1. The molecule has 1 aromatic heterocycles. The Morgan fingerprint density at radius 2 is 2.25 bits per heavy atom. The van der Waals surface area contributed by atoms with Gasteiger partial charge in [-0.15, -0.1) is 11.3 Å². The number of hydrogen-bond acceptors (Lipinski definition) is 3. The molecule has 0 aliphatic carbocycles. The third kappa shape index (κ3) is 5.28. The number of carboxylic acids is 1. The van der Waals surface area contributed by atoms with Gasteiger partial charge in [0.1, 0.15) is 0 Å². The number of carbonyl (C=O) groups is 1. The van der Waals surface area contributed by atoms with Crippen molar-refractivity contribution in [2.45, 2.75) is 45.2 Å². The van der Waals surface area contributed by atoms with Gasteiger partial charge in [0.2, 0.25) is 0 Å². The summed E-state index contributed by atoms with van der Waals surface area (Å²) in [6, 6.07) is 4.83. The van der Waals surface area contributed by atoms with Gasteiger partial charge in [-0.3, -0.25) is 4.79 Å². The molecule has 1 rings (SSSR count). The van der Waals surface area contributed by atoms with E-state index in [9.17, 15) is 4.79 Å². The molecule has 4 heteroatoms. The topological polar surface area (TPSA) is 49.3 Å². The average molecular weight is 241 g/mol. The predicted molar refractivity (Wildman–Crippen MR) is 67.0 cm³/mol. The van der Waals surface area contributed by atoms with Crippen molar-refractivity contribution in [2.75, 3.05) is 0 Å². The quantitative estimate of drug-likeness (QED) is 0.771. The second-order valence-electron chi connectivity index (χ2n) is 4.18. The molecule has 1 heterocycles. The Bertz CT molecular complexity index is 311. The van der Waals surface area contributed by atoms with Crippen molar-refractivity contribution in [1.82, 2.24) is 5.32 Å². The zero-order chi connectivity index (χ0) is 12.0. The number of nitrogens with one attached hydrogen (secondary N) is 1. The lowest BCUT2D eigenvalue weighted by Crippen LogP contribution is -2.36. The molecular formula is C12H19NO2S. The van der Waals surface area contributed by atoms with Gasteiger partial charge in [-0.1, -0.05) is 6.07 Å². The van der Waals surface area contributed by atoms with Gasteiger partial charge in [0, 0.05) is 23.4 Å². The molecule has 2 atom stereocenters. The summed E-state index contributed by atoms with van der Waals surface area (Å²) in [7, 11) is 0. The second-order valence-corrected chi connectivity index (χ2v) is 5.22. The lowest BCUT2D eigenvalue weighted by atomic mass is 10.1. The Hall–Kier alpha value is -0.870. The molecule has 2 unspecified atom stereocenters. The van der Waals surface area contributed by atoms with Gasteiger partial charge >= 0.3 is 5.97 Å². The van der Waals surface area contributed by atoms with Crippen LogP contribution in [0.1, 0.15) is 31.6 Å². The van der Waals surface area contributed by atoms with Crippen molar-refractivity contribution in [2.24, 2.45) is 0 Å². The Labute approximate surface area is 100 Å². The van der Waals surface area contributed by atoms with E-state index in [1.54, 1.807) is 11.3 Å². The zero-order valence-corrected chi connectivity index (χ0v) is 10.6. The van der Waals surface area contributed by atoms with Gasteiger partial charge in [-0.25, -0.2) is 0 Å². The summed E-state index contributed by atoms with van der Waals surface area (Å²) in [5.74, 6) is -0.723. The van der Waals surface area contributed by atoms with Gasteiger partial charge < -0.3 is 10.4 Å². The summed E-state index contributed by atoms with van der Waals surface area (Å²) in [4.78, 5) is 11.8.